The van der Waals surface area contributed by atoms with Crippen LogP contribution in [-0.2, 0) is 10.0 Å². The molecule has 0 spiro atoms. The van der Waals surface area contributed by atoms with Crippen LogP contribution in [0.5, 0.6) is 0 Å². The van der Waals surface area contributed by atoms with Gasteiger partial charge < -0.3 is 5.32 Å². The Morgan fingerprint density at radius 2 is 2.22 bits per heavy atom. The Hall–Kier alpha value is -1.44. The largest absolute Gasteiger partial charge is 0.378 e. The molecule has 0 aliphatic heterocycles. The molecule has 0 radical (unpaired) electrons. The quantitative estimate of drug-likeness (QED) is 0.898. The highest BCUT2D eigenvalue weighted by Crippen LogP contribution is 2.23. The van der Waals surface area contributed by atoms with E-state index in [0.29, 0.717) is 5.69 Å². The number of benzene rings is 1. The van der Waals surface area contributed by atoms with Gasteiger partial charge in [-0.25, -0.2) is 13.6 Å². The smallest absolute Gasteiger partial charge is 0.238 e. The number of anilines is 1. The average molecular weight is 283 g/mol. The molecule has 2 rings (SSSR count). The van der Waals surface area contributed by atoms with Gasteiger partial charge in [0.15, 0.2) is 0 Å². The van der Waals surface area contributed by atoms with E-state index in [4.69, 9.17) is 5.14 Å². The lowest BCUT2D eigenvalue weighted by molar-refractivity contribution is 0.598. The summed E-state index contributed by atoms with van der Waals surface area (Å²) in [6, 6.07) is 6.51. The lowest BCUT2D eigenvalue weighted by Gasteiger charge is -2.13. The number of thiazole rings is 1. The summed E-state index contributed by atoms with van der Waals surface area (Å²) in [6.07, 6.45) is 1.78. The van der Waals surface area contributed by atoms with Crippen LogP contribution in [0.4, 0.5) is 5.69 Å². The fourth-order valence-electron chi connectivity index (χ4n) is 1.52. The number of rotatable bonds is 4. The van der Waals surface area contributed by atoms with Gasteiger partial charge in [0.2, 0.25) is 10.0 Å². The molecule has 1 aromatic heterocycles. The van der Waals surface area contributed by atoms with Gasteiger partial charge in [0.25, 0.3) is 0 Å². The van der Waals surface area contributed by atoms with Gasteiger partial charge in [-0.3, -0.25) is 4.98 Å². The Morgan fingerprint density at radius 3 is 2.83 bits per heavy atom. The van der Waals surface area contributed by atoms with Crippen molar-refractivity contribution >= 4 is 27.0 Å². The Bertz CT molecular complexity index is 623. The van der Waals surface area contributed by atoms with Crippen molar-refractivity contribution in [2.75, 3.05) is 5.32 Å². The van der Waals surface area contributed by atoms with Crippen LogP contribution in [0.3, 0.4) is 0 Å². The minimum absolute atomic E-state index is 0.0632. The van der Waals surface area contributed by atoms with E-state index >= 15 is 0 Å². The van der Waals surface area contributed by atoms with Crippen LogP contribution < -0.4 is 10.5 Å². The first-order valence-electron chi connectivity index (χ1n) is 5.24. The minimum atomic E-state index is -3.66. The molecule has 1 aromatic carbocycles. The first kappa shape index (κ1) is 13.0. The van der Waals surface area contributed by atoms with Crippen LogP contribution >= 0.6 is 11.3 Å². The van der Waals surface area contributed by atoms with Crippen LogP contribution in [0, 0.1) is 0 Å². The average Bonchev–Trinajstić information content (AvgIpc) is 2.81. The van der Waals surface area contributed by atoms with Crippen molar-refractivity contribution in [2.45, 2.75) is 17.9 Å². The minimum Gasteiger partial charge on any atom is -0.378 e. The Labute approximate surface area is 110 Å². The maximum absolute atomic E-state index is 11.2. The van der Waals surface area contributed by atoms with E-state index < -0.39 is 10.0 Å². The summed E-state index contributed by atoms with van der Waals surface area (Å²) in [4.78, 5) is 5.18. The van der Waals surface area contributed by atoms with Crippen LogP contribution in [0.15, 0.2) is 40.9 Å². The summed E-state index contributed by atoms with van der Waals surface area (Å²) >= 11 is 1.54. The Kier molecular flexibility index (Phi) is 3.65. The highest BCUT2D eigenvalue weighted by Gasteiger charge is 2.10. The predicted molar refractivity (Wildman–Crippen MR) is 72.0 cm³/mol. The van der Waals surface area contributed by atoms with Crippen LogP contribution in [0.25, 0.3) is 0 Å². The highest BCUT2D eigenvalue weighted by atomic mass is 32.2. The number of sulfonamides is 1. The van der Waals surface area contributed by atoms with E-state index in [1.807, 2.05) is 6.92 Å². The topological polar surface area (TPSA) is 85.1 Å². The zero-order chi connectivity index (χ0) is 13.2. The molecule has 0 saturated carbocycles. The van der Waals surface area contributed by atoms with Gasteiger partial charge in [0.05, 0.1) is 16.4 Å². The number of nitrogens with zero attached hydrogens (tertiary/aromatic N) is 1. The molecular formula is C11H13N3O2S2. The molecule has 18 heavy (non-hydrogen) atoms. The predicted octanol–water partition coefficient (Wildman–Crippen LogP) is 1.96. The third-order valence-electron chi connectivity index (χ3n) is 2.42. The SMILES string of the molecule is CC(Nc1cccc(S(N)(=O)=O)c1)c1cncs1. The lowest BCUT2D eigenvalue weighted by Crippen LogP contribution is -2.13. The van der Waals surface area contributed by atoms with E-state index in [0.717, 1.165) is 4.88 Å². The fourth-order valence-corrected chi connectivity index (χ4v) is 2.71. The second-order valence-electron chi connectivity index (χ2n) is 3.84. The standard InChI is InChI=1S/C11H13N3O2S2/c1-8(11-6-13-7-17-11)14-9-3-2-4-10(5-9)18(12,15)16/h2-8,14H,1H3,(H2,12,15,16). The van der Waals surface area contributed by atoms with Crippen molar-refractivity contribution in [1.82, 2.24) is 4.98 Å². The molecule has 5 nitrogen and oxygen atoms in total. The second kappa shape index (κ2) is 5.05. The number of hydrogen-bond donors (Lipinski definition) is 2. The molecular weight excluding hydrogens is 270 g/mol. The van der Waals surface area contributed by atoms with Crippen molar-refractivity contribution in [1.29, 1.82) is 0 Å². The van der Waals surface area contributed by atoms with E-state index in [1.54, 1.807) is 35.2 Å². The Balaban J connectivity index is 2.20. The molecule has 1 heterocycles. The number of primary sulfonamides is 1. The number of aromatic nitrogens is 1. The zero-order valence-corrected chi connectivity index (χ0v) is 11.3. The molecule has 3 N–H and O–H groups in total. The first-order chi connectivity index (χ1) is 8.47. The molecule has 7 heteroatoms. The highest BCUT2D eigenvalue weighted by molar-refractivity contribution is 7.89. The summed E-state index contributed by atoms with van der Waals surface area (Å²) in [6.45, 7) is 1.98. The molecule has 0 fully saturated rings. The molecule has 1 unspecified atom stereocenters. The lowest BCUT2D eigenvalue weighted by atomic mass is 10.2. The Morgan fingerprint density at radius 1 is 1.44 bits per heavy atom. The number of nitrogens with two attached hydrogens (primary N) is 1. The maximum atomic E-state index is 11.2. The zero-order valence-electron chi connectivity index (χ0n) is 9.70. The van der Waals surface area contributed by atoms with E-state index in [-0.39, 0.29) is 10.9 Å². The van der Waals surface area contributed by atoms with Gasteiger partial charge in [-0.15, -0.1) is 11.3 Å². The van der Waals surface area contributed by atoms with Gasteiger partial charge in [0, 0.05) is 16.8 Å². The fraction of sp³-hybridized carbons (Fsp3) is 0.182. The molecule has 0 amide bonds. The molecule has 1 atom stereocenters. The van der Waals surface area contributed by atoms with Crippen molar-refractivity contribution in [2.24, 2.45) is 5.14 Å². The van der Waals surface area contributed by atoms with Gasteiger partial charge >= 0.3 is 0 Å². The molecule has 0 aliphatic rings. The normalized spacial score (nSPS) is 13.2. The summed E-state index contributed by atoms with van der Waals surface area (Å²) in [5.74, 6) is 0. The molecule has 96 valence electrons. The third-order valence-corrected chi connectivity index (χ3v) is 4.29. The van der Waals surface area contributed by atoms with E-state index in [9.17, 15) is 8.42 Å². The van der Waals surface area contributed by atoms with Crippen molar-refractivity contribution < 1.29 is 8.42 Å². The van der Waals surface area contributed by atoms with E-state index in [1.165, 1.54) is 12.1 Å². The summed E-state index contributed by atoms with van der Waals surface area (Å²) in [5.41, 5.74) is 2.47. The van der Waals surface area contributed by atoms with Crippen LogP contribution in [-0.4, -0.2) is 13.4 Å². The third kappa shape index (κ3) is 3.06. The summed E-state index contributed by atoms with van der Waals surface area (Å²) in [7, 11) is -3.66. The van der Waals surface area contributed by atoms with Gasteiger partial charge in [-0.2, -0.15) is 0 Å². The molecule has 0 saturated heterocycles. The molecule has 0 aliphatic carbocycles. The first-order valence-corrected chi connectivity index (χ1v) is 7.67. The number of hydrogen-bond acceptors (Lipinski definition) is 5. The monoisotopic (exact) mass is 283 g/mol. The molecule has 2 aromatic rings. The molecule has 0 bridgehead atoms. The maximum Gasteiger partial charge on any atom is 0.238 e. The second-order valence-corrected chi connectivity index (χ2v) is 6.32. The van der Waals surface area contributed by atoms with Gasteiger partial charge in [-0.1, -0.05) is 6.07 Å². The van der Waals surface area contributed by atoms with Crippen molar-refractivity contribution in [3.63, 3.8) is 0 Å². The van der Waals surface area contributed by atoms with Crippen LogP contribution in [0.2, 0.25) is 0 Å². The van der Waals surface area contributed by atoms with Crippen molar-refractivity contribution in [3.05, 3.63) is 40.8 Å². The summed E-state index contributed by atoms with van der Waals surface area (Å²) < 4.78 is 22.5. The van der Waals surface area contributed by atoms with E-state index in [2.05, 4.69) is 10.3 Å². The van der Waals surface area contributed by atoms with Crippen LogP contribution in [0.1, 0.15) is 17.8 Å². The summed E-state index contributed by atoms with van der Waals surface area (Å²) in [5, 5.41) is 8.29. The van der Waals surface area contributed by atoms with Crippen molar-refractivity contribution in [3.8, 4) is 0 Å². The van der Waals surface area contributed by atoms with Gasteiger partial charge in [-0.05, 0) is 25.1 Å². The number of nitrogens with one attached hydrogen (secondary N) is 1. The van der Waals surface area contributed by atoms with Gasteiger partial charge in [0.1, 0.15) is 0 Å².